The van der Waals surface area contributed by atoms with Crippen LogP contribution in [-0.4, -0.2) is 32.7 Å². The van der Waals surface area contributed by atoms with E-state index in [1.165, 1.54) is 9.21 Å². The zero-order valence-electron chi connectivity index (χ0n) is 17.0. The van der Waals surface area contributed by atoms with Gasteiger partial charge in [-0.25, -0.2) is 8.42 Å². The average Bonchev–Trinajstić information content (AvgIpc) is 2.82. The largest absolute Gasteiger partial charge is 0.468 e. The highest BCUT2D eigenvalue weighted by Gasteiger charge is 2.58. The van der Waals surface area contributed by atoms with Crippen molar-refractivity contribution in [3.05, 3.63) is 52.5 Å². The van der Waals surface area contributed by atoms with Crippen molar-refractivity contribution in [1.82, 2.24) is 0 Å². The topological polar surface area (TPSA) is 66.9 Å². The molecule has 2 heterocycles. The molecule has 154 valence electrons. The zero-order valence-corrected chi connectivity index (χ0v) is 18.6. The van der Waals surface area contributed by atoms with Crippen molar-refractivity contribution in [2.45, 2.75) is 38.0 Å². The van der Waals surface area contributed by atoms with Gasteiger partial charge in [0.15, 0.2) is 0 Å². The summed E-state index contributed by atoms with van der Waals surface area (Å²) in [5, 5.41) is 0.453. The van der Waals surface area contributed by atoms with Crippen LogP contribution in [0.1, 0.15) is 31.9 Å². The predicted molar refractivity (Wildman–Crippen MR) is 114 cm³/mol. The van der Waals surface area contributed by atoms with Gasteiger partial charge in [0, 0.05) is 17.6 Å². The van der Waals surface area contributed by atoms with Gasteiger partial charge in [0.05, 0.1) is 22.7 Å². The Morgan fingerprint density at radius 1 is 1.10 bits per heavy atom. The number of carbonyl (C=O) groups is 1. The first-order chi connectivity index (χ1) is 13.4. The maximum atomic E-state index is 13.5. The van der Waals surface area contributed by atoms with Gasteiger partial charge in [-0.2, -0.15) is 0 Å². The molecular formula is C21H23ClN2O4S. The Hall–Kier alpha value is -2.25. The fraction of sp³-hybridized carbons (Fsp3) is 0.381. The number of rotatable bonds is 1. The minimum absolute atomic E-state index is 0.153. The summed E-state index contributed by atoms with van der Waals surface area (Å²) in [5.41, 5.74) is 1.07. The monoisotopic (exact) mass is 434 g/mol. The van der Waals surface area contributed by atoms with Crippen LogP contribution in [0.3, 0.4) is 0 Å². The summed E-state index contributed by atoms with van der Waals surface area (Å²) >= 11 is 6.22. The molecule has 0 aromatic heterocycles. The van der Waals surface area contributed by atoms with E-state index in [1.807, 2.05) is 13.0 Å². The van der Waals surface area contributed by atoms with Crippen molar-refractivity contribution in [3.63, 3.8) is 0 Å². The van der Waals surface area contributed by atoms with Crippen LogP contribution in [0, 0.1) is 6.92 Å². The molecule has 6 nitrogen and oxygen atoms in total. The first kappa shape index (κ1) is 20.0. The number of hydrogen-bond donors (Lipinski definition) is 0. The molecule has 0 N–H and O–H groups in total. The third kappa shape index (κ3) is 2.74. The molecule has 1 atom stereocenters. The Morgan fingerprint density at radius 3 is 2.45 bits per heavy atom. The maximum Gasteiger partial charge on any atom is 0.277 e. The number of likely N-dealkylation sites (N-methyl/N-ethyl adjacent to an activating group) is 1. The molecule has 1 amide bonds. The highest BCUT2D eigenvalue weighted by atomic mass is 35.5. The van der Waals surface area contributed by atoms with Crippen LogP contribution in [0.15, 0.2) is 36.4 Å². The fourth-order valence-electron chi connectivity index (χ4n) is 3.83. The summed E-state index contributed by atoms with van der Waals surface area (Å²) in [7, 11) is -2.14. The maximum absolute atomic E-state index is 13.5. The molecule has 0 saturated carbocycles. The SMILES string of the molecule is Cc1ccc2c(c1)N(S(=O)(=O)C(C)(C)C)C[C@]1(O2)C(=O)N(C)c2ccc(Cl)cc21. The number of carbonyl (C=O) groups excluding carboxylic acids is 1. The highest BCUT2D eigenvalue weighted by molar-refractivity contribution is 7.94. The zero-order chi connectivity index (χ0) is 21.4. The van der Waals surface area contributed by atoms with Gasteiger partial charge >= 0.3 is 0 Å². The molecule has 0 bridgehead atoms. The van der Waals surface area contributed by atoms with E-state index in [2.05, 4.69) is 0 Å². The van der Waals surface area contributed by atoms with Crippen molar-refractivity contribution >= 4 is 38.9 Å². The molecule has 1 spiro atoms. The summed E-state index contributed by atoms with van der Waals surface area (Å²) in [6.45, 7) is 6.67. The second kappa shape index (κ2) is 6.12. The molecule has 4 rings (SSSR count). The van der Waals surface area contributed by atoms with Gasteiger partial charge in [0.2, 0.25) is 15.6 Å². The van der Waals surface area contributed by atoms with Gasteiger partial charge in [-0.1, -0.05) is 17.7 Å². The number of benzene rings is 2. The molecule has 8 heteroatoms. The van der Waals surface area contributed by atoms with E-state index >= 15 is 0 Å². The number of amides is 1. The quantitative estimate of drug-likeness (QED) is 0.683. The lowest BCUT2D eigenvalue weighted by molar-refractivity contribution is -0.132. The molecule has 0 fully saturated rings. The van der Waals surface area contributed by atoms with E-state index in [1.54, 1.807) is 58.2 Å². The van der Waals surface area contributed by atoms with Crippen LogP contribution in [-0.2, 0) is 20.4 Å². The number of hydrogen-bond acceptors (Lipinski definition) is 4. The summed E-state index contributed by atoms with van der Waals surface area (Å²) in [4.78, 5) is 14.9. The first-order valence-corrected chi connectivity index (χ1v) is 11.1. The Bertz CT molecular complexity index is 1140. The van der Waals surface area contributed by atoms with E-state index in [9.17, 15) is 13.2 Å². The number of fused-ring (bicyclic) bond motifs is 3. The van der Waals surface area contributed by atoms with Gasteiger partial charge in [-0.15, -0.1) is 0 Å². The van der Waals surface area contributed by atoms with Crippen molar-refractivity contribution in [1.29, 1.82) is 0 Å². The average molecular weight is 435 g/mol. The number of anilines is 2. The second-order valence-corrected chi connectivity index (χ2v) is 11.6. The Morgan fingerprint density at radius 2 is 1.79 bits per heavy atom. The molecule has 2 aliphatic heterocycles. The minimum Gasteiger partial charge on any atom is -0.468 e. The summed E-state index contributed by atoms with van der Waals surface area (Å²) in [5.74, 6) is 0.0272. The summed E-state index contributed by atoms with van der Waals surface area (Å²) in [6, 6.07) is 10.5. The standard InChI is InChI=1S/C21H23ClN2O4S/c1-13-6-9-18-17(10-13)24(29(26,27)20(2,3)4)12-21(28-18)15-11-14(22)7-8-16(15)23(5)19(21)25/h6-11H,12H2,1-5H3/t21-/m1/s1. The normalized spacial score (nSPS) is 21.2. The molecule has 2 aromatic rings. The molecule has 0 saturated heterocycles. The number of nitrogens with zero attached hydrogens (tertiary/aromatic N) is 2. The van der Waals surface area contributed by atoms with Crippen LogP contribution in [0.2, 0.25) is 5.02 Å². The lowest BCUT2D eigenvalue weighted by atomic mass is 9.93. The van der Waals surface area contributed by atoms with E-state index < -0.39 is 20.4 Å². The van der Waals surface area contributed by atoms with E-state index in [-0.39, 0.29) is 12.5 Å². The Labute approximate surface area is 176 Å². The number of halogens is 1. The fourth-order valence-corrected chi connectivity index (χ4v) is 5.42. The molecular weight excluding hydrogens is 412 g/mol. The smallest absolute Gasteiger partial charge is 0.277 e. The van der Waals surface area contributed by atoms with Crippen molar-refractivity contribution in [2.75, 3.05) is 22.8 Å². The molecule has 0 aliphatic carbocycles. The van der Waals surface area contributed by atoms with Crippen molar-refractivity contribution in [2.24, 2.45) is 0 Å². The lowest BCUT2D eigenvalue weighted by Crippen LogP contribution is -2.58. The van der Waals surface area contributed by atoms with Crippen LogP contribution in [0.4, 0.5) is 11.4 Å². The van der Waals surface area contributed by atoms with Crippen LogP contribution < -0.4 is 13.9 Å². The van der Waals surface area contributed by atoms with E-state index in [4.69, 9.17) is 16.3 Å². The third-order valence-electron chi connectivity index (χ3n) is 5.50. The first-order valence-electron chi connectivity index (χ1n) is 9.29. The van der Waals surface area contributed by atoms with Crippen LogP contribution >= 0.6 is 11.6 Å². The number of sulfonamides is 1. The van der Waals surface area contributed by atoms with Crippen LogP contribution in [0.5, 0.6) is 5.75 Å². The predicted octanol–water partition coefficient (Wildman–Crippen LogP) is 3.85. The van der Waals surface area contributed by atoms with Crippen molar-refractivity contribution < 1.29 is 17.9 Å². The highest BCUT2D eigenvalue weighted by Crippen LogP contribution is 2.50. The van der Waals surface area contributed by atoms with Gasteiger partial charge in [0.25, 0.3) is 5.91 Å². The lowest BCUT2D eigenvalue weighted by Gasteiger charge is -2.43. The van der Waals surface area contributed by atoms with E-state index in [0.29, 0.717) is 27.7 Å². The van der Waals surface area contributed by atoms with Gasteiger partial charge in [-0.05, 0) is 63.6 Å². The summed E-state index contributed by atoms with van der Waals surface area (Å²) < 4.78 is 33.6. The minimum atomic E-state index is -3.80. The van der Waals surface area contributed by atoms with Gasteiger partial charge in [0.1, 0.15) is 5.75 Å². The molecule has 0 unspecified atom stereocenters. The number of ether oxygens (including phenoxy) is 1. The van der Waals surface area contributed by atoms with Gasteiger partial charge < -0.3 is 9.64 Å². The number of aryl methyl sites for hydroxylation is 1. The Balaban J connectivity index is 2.00. The van der Waals surface area contributed by atoms with Crippen LogP contribution in [0.25, 0.3) is 0 Å². The van der Waals surface area contributed by atoms with Gasteiger partial charge in [-0.3, -0.25) is 9.10 Å². The van der Waals surface area contributed by atoms with Crippen molar-refractivity contribution in [3.8, 4) is 5.75 Å². The second-order valence-electron chi connectivity index (χ2n) is 8.55. The molecule has 0 radical (unpaired) electrons. The molecule has 2 aliphatic rings. The van der Waals surface area contributed by atoms with E-state index in [0.717, 1.165) is 5.56 Å². The molecule has 2 aromatic carbocycles. The molecule has 29 heavy (non-hydrogen) atoms. The summed E-state index contributed by atoms with van der Waals surface area (Å²) in [6.07, 6.45) is 0. The third-order valence-corrected chi connectivity index (χ3v) is 8.19. The Kier molecular flexibility index (Phi) is 4.23.